The predicted octanol–water partition coefficient (Wildman–Crippen LogP) is 4.15. The summed E-state index contributed by atoms with van der Waals surface area (Å²) >= 11 is 0. The van der Waals surface area contributed by atoms with E-state index in [1.165, 1.54) is 7.11 Å². The highest BCUT2D eigenvalue weighted by Gasteiger charge is 2.21. The molecule has 0 bridgehead atoms. The van der Waals surface area contributed by atoms with Gasteiger partial charge in [-0.3, -0.25) is 4.79 Å². The number of hydrogen-bond acceptors (Lipinski definition) is 5. The largest absolute Gasteiger partial charge is 0.496 e. The fraction of sp³-hybridized carbons (Fsp3) is 0.227. The summed E-state index contributed by atoms with van der Waals surface area (Å²) in [6.45, 7) is 2.09. The van der Waals surface area contributed by atoms with E-state index in [2.05, 4.69) is 4.98 Å². The molecule has 0 aliphatic rings. The van der Waals surface area contributed by atoms with Crippen LogP contribution in [0.4, 0.5) is 0 Å². The Bertz CT molecular complexity index is 988. The van der Waals surface area contributed by atoms with E-state index in [4.69, 9.17) is 14.5 Å². The molecule has 6 nitrogen and oxygen atoms in total. The monoisotopic (exact) mass is 378 g/mol. The van der Waals surface area contributed by atoms with Crippen LogP contribution in [0.25, 0.3) is 22.6 Å². The van der Waals surface area contributed by atoms with Crippen molar-refractivity contribution < 1.29 is 19.4 Å². The van der Waals surface area contributed by atoms with E-state index in [1.807, 2.05) is 36.4 Å². The molecule has 2 aromatic carbocycles. The Morgan fingerprint density at radius 2 is 1.82 bits per heavy atom. The van der Waals surface area contributed by atoms with Crippen LogP contribution in [0.15, 0.2) is 54.7 Å². The van der Waals surface area contributed by atoms with Gasteiger partial charge < -0.3 is 14.6 Å². The zero-order chi connectivity index (χ0) is 20.1. The van der Waals surface area contributed by atoms with Gasteiger partial charge in [-0.1, -0.05) is 36.4 Å². The van der Waals surface area contributed by atoms with Gasteiger partial charge in [0.2, 0.25) is 0 Å². The number of carbonyl (C=O) groups is 1. The maximum absolute atomic E-state index is 11.5. The van der Waals surface area contributed by atoms with Crippen molar-refractivity contribution in [2.45, 2.75) is 19.4 Å². The summed E-state index contributed by atoms with van der Waals surface area (Å²) in [5.41, 5.74) is 3.87. The van der Waals surface area contributed by atoms with Crippen LogP contribution in [0.2, 0.25) is 0 Å². The molecule has 3 aromatic rings. The lowest BCUT2D eigenvalue weighted by Gasteiger charge is -2.16. The minimum atomic E-state index is -0.910. The molecule has 0 aliphatic carbocycles. The van der Waals surface area contributed by atoms with Gasteiger partial charge in [0.05, 0.1) is 25.3 Å². The number of methoxy groups -OCH3 is 2. The standard InChI is InChI=1S/C22H22N2O4/c1-14(22(25)26)16-9-6-10-18(20(16)28-3)19-11-12-23-21(24-19)17-8-5-4-7-15(17)13-27-2/h4-12,14H,13H2,1-3H3,(H,25,26). The summed E-state index contributed by atoms with van der Waals surface area (Å²) in [6, 6.07) is 15.0. The van der Waals surface area contributed by atoms with Crippen molar-refractivity contribution in [2.24, 2.45) is 0 Å². The first kappa shape index (κ1) is 19.5. The molecule has 144 valence electrons. The molecule has 1 heterocycles. The molecule has 0 aliphatic heterocycles. The molecule has 0 fully saturated rings. The maximum Gasteiger partial charge on any atom is 0.310 e. The molecule has 1 atom stereocenters. The van der Waals surface area contributed by atoms with E-state index in [1.54, 1.807) is 32.4 Å². The van der Waals surface area contributed by atoms with Gasteiger partial charge in [0.1, 0.15) is 5.75 Å². The van der Waals surface area contributed by atoms with E-state index in [9.17, 15) is 9.90 Å². The highest BCUT2D eigenvalue weighted by molar-refractivity contribution is 5.80. The van der Waals surface area contributed by atoms with Gasteiger partial charge in [-0.2, -0.15) is 0 Å². The zero-order valence-electron chi connectivity index (χ0n) is 16.0. The van der Waals surface area contributed by atoms with E-state index in [0.29, 0.717) is 29.4 Å². The van der Waals surface area contributed by atoms with Crippen molar-refractivity contribution in [3.63, 3.8) is 0 Å². The van der Waals surface area contributed by atoms with Gasteiger partial charge in [0, 0.05) is 30.0 Å². The molecule has 6 heteroatoms. The number of para-hydroxylation sites is 1. The fourth-order valence-corrected chi connectivity index (χ4v) is 3.12. The summed E-state index contributed by atoms with van der Waals surface area (Å²) < 4.78 is 10.8. The van der Waals surface area contributed by atoms with E-state index in [-0.39, 0.29) is 0 Å². The van der Waals surface area contributed by atoms with Crippen molar-refractivity contribution in [3.05, 3.63) is 65.9 Å². The molecular formula is C22H22N2O4. The van der Waals surface area contributed by atoms with Crippen LogP contribution in [-0.4, -0.2) is 35.3 Å². The maximum atomic E-state index is 11.5. The first-order chi connectivity index (χ1) is 13.6. The van der Waals surface area contributed by atoms with Crippen LogP contribution in [0.1, 0.15) is 24.0 Å². The second kappa shape index (κ2) is 8.63. The lowest BCUT2D eigenvalue weighted by Crippen LogP contribution is -2.09. The minimum Gasteiger partial charge on any atom is -0.496 e. The summed E-state index contributed by atoms with van der Waals surface area (Å²) in [5, 5.41) is 9.40. The number of hydrogen-bond donors (Lipinski definition) is 1. The Morgan fingerprint density at radius 3 is 2.54 bits per heavy atom. The van der Waals surface area contributed by atoms with Crippen molar-refractivity contribution in [2.75, 3.05) is 14.2 Å². The van der Waals surface area contributed by atoms with Gasteiger partial charge in [-0.05, 0) is 24.6 Å². The van der Waals surface area contributed by atoms with Crippen molar-refractivity contribution in [3.8, 4) is 28.4 Å². The topological polar surface area (TPSA) is 81.5 Å². The lowest BCUT2D eigenvalue weighted by atomic mass is 9.96. The summed E-state index contributed by atoms with van der Waals surface area (Å²) in [6.07, 6.45) is 1.69. The van der Waals surface area contributed by atoms with Gasteiger partial charge in [0.15, 0.2) is 5.82 Å². The van der Waals surface area contributed by atoms with Crippen LogP contribution in [0.5, 0.6) is 5.75 Å². The van der Waals surface area contributed by atoms with Crippen LogP contribution in [0, 0.1) is 0 Å². The van der Waals surface area contributed by atoms with Crippen LogP contribution in [-0.2, 0) is 16.1 Å². The summed E-state index contributed by atoms with van der Waals surface area (Å²) in [5.74, 6) is -0.526. The number of aliphatic carboxylic acids is 1. The van der Waals surface area contributed by atoms with Gasteiger partial charge in [-0.25, -0.2) is 9.97 Å². The van der Waals surface area contributed by atoms with Crippen LogP contribution >= 0.6 is 0 Å². The molecule has 0 saturated carbocycles. The quantitative estimate of drug-likeness (QED) is 0.665. The number of carboxylic acids is 1. The molecule has 0 saturated heterocycles. The average molecular weight is 378 g/mol. The second-order valence-corrected chi connectivity index (χ2v) is 6.34. The minimum absolute atomic E-state index is 0.457. The Balaban J connectivity index is 2.11. The van der Waals surface area contributed by atoms with Gasteiger partial charge in [-0.15, -0.1) is 0 Å². The predicted molar refractivity (Wildman–Crippen MR) is 106 cm³/mol. The lowest BCUT2D eigenvalue weighted by molar-refractivity contribution is -0.138. The number of benzene rings is 2. The molecule has 0 amide bonds. The van der Waals surface area contributed by atoms with E-state index in [0.717, 1.165) is 16.7 Å². The Labute approximate surface area is 163 Å². The Hall–Kier alpha value is -3.25. The first-order valence-electron chi connectivity index (χ1n) is 8.87. The smallest absolute Gasteiger partial charge is 0.310 e. The van der Waals surface area contributed by atoms with Gasteiger partial charge >= 0.3 is 5.97 Å². The van der Waals surface area contributed by atoms with Crippen molar-refractivity contribution >= 4 is 5.97 Å². The fourth-order valence-electron chi connectivity index (χ4n) is 3.12. The van der Waals surface area contributed by atoms with Gasteiger partial charge in [0.25, 0.3) is 0 Å². The molecule has 0 spiro atoms. The van der Waals surface area contributed by atoms with E-state index < -0.39 is 11.9 Å². The number of carboxylic acid groups (broad SMARTS) is 1. The zero-order valence-corrected chi connectivity index (χ0v) is 16.0. The molecule has 1 unspecified atom stereocenters. The van der Waals surface area contributed by atoms with Crippen LogP contribution in [0.3, 0.4) is 0 Å². The molecule has 0 radical (unpaired) electrons. The number of nitrogens with zero attached hydrogens (tertiary/aromatic N) is 2. The van der Waals surface area contributed by atoms with E-state index >= 15 is 0 Å². The first-order valence-corrected chi connectivity index (χ1v) is 8.87. The van der Waals surface area contributed by atoms with Crippen molar-refractivity contribution in [1.82, 2.24) is 9.97 Å². The van der Waals surface area contributed by atoms with Crippen LogP contribution < -0.4 is 4.74 Å². The number of aromatic nitrogens is 2. The SMILES string of the molecule is COCc1ccccc1-c1nccc(-c2cccc(C(C)C(=O)O)c2OC)n1. The summed E-state index contributed by atoms with van der Waals surface area (Å²) in [4.78, 5) is 20.6. The average Bonchev–Trinajstić information content (AvgIpc) is 2.73. The Kier molecular flexibility index (Phi) is 6.01. The number of rotatable bonds is 7. The summed E-state index contributed by atoms with van der Waals surface area (Å²) in [7, 11) is 3.18. The molecular weight excluding hydrogens is 356 g/mol. The normalized spacial score (nSPS) is 11.8. The molecule has 1 aromatic heterocycles. The third-order valence-electron chi connectivity index (χ3n) is 4.58. The third-order valence-corrected chi connectivity index (χ3v) is 4.58. The molecule has 28 heavy (non-hydrogen) atoms. The highest BCUT2D eigenvalue weighted by Crippen LogP contribution is 2.36. The van der Waals surface area contributed by atoms with Crippen molar-refractivity contribution in [1.29, 1.82) is 0 Å². The number of ether oxygens (including phenoxy) is 2. The molecule has 1 N–H and O–H groups in total. The Morgan fingerprint density at radius 1 is 1.07 bits per heavy atom. The third kappa shape index (κ3) is 3.87. The second-order valence-electron chi connectivity index (χ2n) is 6.34. The highest BCUT2D eigenvalue weighted by atomic mass is 16.5. The molecule has 3 rings (SSSR count).